The van der Waals surface area contributed by atoms with E-state index in [1.54, 1.807) is 6.92 Å². The minimum absolute atomic E-state index is 0.0678. The summed E-state index contributed by atoms with van der Waals surface area (Å²) in [5.41, 5.74) is 0. The molecule has 1 aromatic rings. The summed E-state index contributed by atoms with van der Waals surface area (Å²) in [4.78, 5) is 21.1. The number of hydrogen-bond donors (Lipinski definition) is 0. The number of Topliss-reactive ketones (excluding diaryl/α,β-unsaturated/α-hetero) is 1. The van der Waals surface area contributed by atoms with Gasteiger partial charge in [0.25, 0.3) is 0 Å². The first kappa shape index (κ1) is 8.77. The maximum Gasteiger partial charge on any atom is 0.519 e. The van der Waals surface area contributed by atoms with Crippen molar-refractivity contribution in [2.45, 2.75) is 26.7 Å². The lowest BCUT2D eigenvalue weighted by Gasteiger charge is -1.91. The van der Waals surface area contributed by atoms with Gasteiger partial charge in [0.1, 0.15) is 17.3 Å². The number of hydrogen-bond acceptors (Lipinski definition) is 4. The Kier molecular flexibility index (Phi) is 2.47. The van der Waals surface area contributed by atoms with Crippen LogP contribution in [0.25, 0.3) is 0 Å². The van der Waals surface area contributed by atoms with E-state index in [1.807, 2.05) is 0 Å². The molecule has 12 heavy (non-hydrogen) atoms. The van der Waals surface area contributed by atoms with Crippen LogP contribution in [-0.4, -0.2) is 5.78 Å². The molecule has 0 N–H and O–H groups in total. The number of ketones is 1. The van der Waals surface area contributed by atoms with E-state index in [9.17, 15) is 9.59 Å². The highest BCUT2D eigenvalue weighted by atomic mass is 16.6. The van der Waals surface area contributed by atoms with Crippen molar-refractivity contribution in [3.05, 3.63) is 22.1 Å². The number of aryl methyl sites for hydroxylation is 2. The van der Waals surface area contributed by atoms with Gasteiger partial charge < -0.3 is 13.6 Å². The number of rotatable bonds is 3. The van der Waals surface area contributed by atoms with Crippen molar-refractivity contribution in [3.63, 3.8) is 0 Å². The van der Waals surface area contributed by atoms with Gasteiger partial charge in [0, 0.05) is 12.8 Å². The molecule has 0 aliphatic heterocycles. The number of carbonyl (C=O) groups excluding carboxylic acids is 1. The monoisotopic (exact) mass is 170 g/mol. The lowest BCUT2D eigenvalue weighted by molar-refractivity contribution is -0.117. The van der Waals surface area contributed by atoms with E-state index in [4.69, 9.17) is 4.42 Å². The molecular weight excluding hydrogens is 160 g/mol. The molecule has 0 aliphatic carbocycles. The molecule has 0 fully saturated rings. The second-order valence-corrected chi connectivity index (χ2v) is 2.64. The van der Waals surface area contributed by atoms with Gasteiger partial charge in [0.15, 0.2) is 0 Å². The lowest BCUT2D eigenvalue weighted by Crippen LogP contribution is -1.94. The molecule has 0 unspecified atom stereocenters. The van der Waals surface area contributed by atoms with Crippen LogP contribution in [0.4, 0.5) is 0 Å². The summed E-state index contributed by atoms with van der Waals surface area (Å²) in [6, 6.07) is 0. The fourth-order valence-corrected chi connectivity index (χ4v) is 0.892. The van der Waals surface area contributed by atoms with Gasteiger partial charge in [0.05, 0.1) is 0 Å². The van der Waals surface area contributed by atoms with Crippen molar-refractivity contribution in [1.82, 2.24) is 0 Å². The van der Waals surface area contributed by atoms with Gasteiger partial charge in [-0.2, -0.15) is 0 Å². The Labute approximate surface area is 69.2 Å². The van der Waals surface area contributed by atoms with Crippen LogP contribution >= 0.6 is 0 Å². The van der Waals surface area contributed by atoms with E-state index < -0.39 is 5.82 Å². The molecule has 0 radical (unpaired) electrons. The van der Waals surface area contributed by atoms with Crippen LogP contribution in [0.15, 0.2) is 13.6 Å². The first-order chi connectivity index (χ1) is 5.59. The van der Waals surface area contributed by atoms with Gasteiger partial charge in [-0.05, 0) is 13.8 Å². The summed E-state index contributed by atoms with van der Waals surface area (Å²) >= 11 is 0. The Morgan fingerprint density at radius 3 is 2.50 bits per heavy atom. The predicted octanol–water partition coefficient (Wildman–Crippen LogP) is 1.06. The van der Waals surface area contributed by atoms with E-state index in [2.05, 4.69) is 4.42 Å². The highest BCUT2D eigenvalue weighted by Crippen LogP contribution is 2.07. The highest BCUT2D eigenvalue weighted by Gasteiger charge is 2.08. The van der Waals surface area contributed by atoms with E-state index in [1.165, 1.54) is 6.92 Å². The summed E-state index contributed by atoms with van der Waals surface area (Å²) in [6.07, 6.45) is 0.816. The van der Waals surface area contributed by atoms with Crippen molar-refractivity contribution >= 4 is 5.78 Å². The molecule has 1 heterocycles. The quantitative estimate of drug-likeness (QED) is 0.680. The van der Waals surface area contributed by atoms with Crippen LogP contribution in [0.3, 0.4) is 0 Å². The summed E-state index contributed by atoms with van der Waals surface area (Å²) in [6.45, 7) is 3.13. The Morgan fingerprint density at radius 2 is 2.08 bits per heavy atom. The molecule has 0 spiro atoms. The minimum atomic E-state index is -0.703. The van der Waals surface area contributed by atoms with E-state index >= 15 is 0 Å². The van der Waals surface area contributed by atoms with Gasteiger partial charge in [0.2, 0.25) is 0 Å². The Balaban J connectivity index is 2.69. The first-order valence-electron chi connectivity index (χ1n) is 3.68. The minimum Gasteiger partial charge on any atom is -0.396 e. The topological polar surface area (TPSA) is 60.4 Å². The Hall–Kier alpha value is -1.32. The maximum absolute atomic E-state index is 10.6. The third-order valence-electron chi connectivity index (χ3n) is 1.54. The molecule has 0 bridgehead atoms. The molecule has 1 aromatic heterocycles. The first-order valence-corrected chi connectivity index (χ1v) is 3.68. The van der Waals surface area contributed by atoms with Crippen LogP contribution in [0, 0.1) is 6.92 Å². The smallest absolute Gasteiger partial charge is 0.396 e. The summed E-state index contributed by atoms with van der Waals surface area (Å²) < 4.78 is 9.30. The van der Waals surface area contributed by atoms with Crippen LogP contribution in [0.2, 0.25) is 0 Å². The molecule has 0 atom stereocenters. The SMILES string of the molecule is CC(=O)CCc1oc(=O)oc1C. The van der Waals surface area contributed by atoms with E-state index in [-0.39, 0.29) is 5.78 Å². The Bertz CT molecular complexity index is 331. The average molecular weight is 170 g/mol. The highest BCUT2D eigenvalue weighted by molar-refractivity contribution is 5.75. The zero-order valence-electron chi connectivity index (χ0n) is 7.05. The van der Waals surface area contributed by atoms with Crippen LogP contribution in [0.5, 0.6) is 0 Å². The van der Waals surface area contributed by atoms with Crippen molar-refractivity contribution < 1.29 is 13.6 Å². The van der Waals surface area contributed by atoms with Crippen molar-refractivity contribution in [2.24, 2.45) is 0 Å². The fraction of sp³-hybridized carbons (Fsp3) is 0.500. The second kappa shape index (κ2) is 3.38. The van der Waals surface area contributed by atoms with Gasteiger partial charge in [-0.25, -0.2) is 4.79 Å². The van der Waals surface area contributed by atoms with Crippen molar-refractivity contribution in [2.75, 3.05) is 0 Å². The molecule has 0 saturated carbocycles. The maximum atomic E-state index is 10.6. The predicted molar refractivity (Wildman–Crippen MR) is 41.0 cm³/mol. The normalized spacial score (nSPS) is 10.2. The molecule has 4 nitrogen and oxygen atoms in total. The van der Waals surface area contributed by atoms with E-state index in [0.717, 1.165) is 0 Å². The molecule has 0 saturated heterocycles. The third-order valence-corrected chi connectivity index (χ3v) is 1.54. The van der Waals surface area contributed by atoms with Crippen LogP contribution in [-0.2, 0) is 11.2 Å². The third kappa shape index (κ3) is 2.08. The zero-order chi connectivity index (χ0) is 9.14. The molecule has 0 amide bonds. The van der Waals surface area contributed by atoms with Gasteiger partial charge in [-0.1, -0.05) is 0 Å². The Morgan fingerprint density at radius 1 is 1.42 bits per heavy atom. The standard InChI is InChI=1S/C8H10O4/c1-5(9)3-4-7-6(2)11-8(10)12-7/h3-4H2,1-2H3. The average Bonchev–Trinajstić information content (AvgIpc) is 2.26. The molecular formula is C8H10O4. The lowest BCUT2D eigenvalue weighted by atomic mass is 10.2. The fourth-order valence-electron chi connectivity index (χ4n) is 0.892. The van der Waals surface area contributed by atoms with Crippen molar-refractivity contribution in [1.29, 1.82) is 0 Å². The van der Waals surface area contributed by atoms with Gasteiger partial charge in [-0.3, -0.25) is 0 Å². The zero-order valence-corrected chi connectivity index (χ0v) is 7.05. The summed E-state index contributed by atoms with van der Waals surface area (Å²) in [7, 11) is 0. The van der Waals surface area contributed by atoms with Crippen LogP contribution < -0.4 is 5.82 Å². The van der Waals surface area contributed by atoms with Crippen LogP contribution in [0.1, 0.15) is 24.9 Å². The van der Waals surface area contributed by atoms with Gasteiger partial charge in [-0.15, -0.1) is 0 Å². The summed E-state index contributed by atoms with van der Waals surface area (Å²) in [5.74, 6) is 0.292. The largest absolute Gasteiger partial charge is 0.519 e. The van der Waals surface area contributed by atoms with E-state index in [0.29, 0.717) is 24.4 Å². The van der Waals surface area contributed by atoms with Gasteiger partial charge >= 0.3 is 5.82 Å². The summed E-state index contributed by atoms with van der Waals surface area (Å²) in [5, 5.41) is 0. The molecule has 1 rings (SSSR count). The van der Waals surface area contributed by atoms with Crippen molar-refractivity contribution in [3.8, 4) is 0 Å². The molecule has 66 valence electrons. The molecule has 4 heteroatoms. The molecule has 0 aromatic carbocycles. The molecule has 0 aliphatic rings. The second-order valence-electron chi connectivity index (χ2n) is 2.64. The number of carbonyl (C=O) groups is 1.